The van der Waals surface area contributed by atoms with Crippen LogP contribution in [0.5, 0.6) is 0 Å². The van der Waals surface area contributed by atoms with E-state index in [4.69, 9.17) is 4.74 Å². The number of halogens is 6. The number of hydrogen-bond acceptors (Lipinski definition) is 5. The Bertz CT molecular complexity index is 1660. The molecule has 1 saturated heterocycles. The van der Waals surface area contributed by atoms with Gasteiger partial charge in [-0.2, -0.15) is 26.3 Å². The van der Waals surface area contributed by atoms with Crippen molar-refractivity contribution >= 4 is 10.0 Å². The first-order valence-corrected chi connectivity index (χ1v) is 15.2. The van der Waals surface area contributed by atoms with Crippen molar-refractivity contribution in [1.29, 1.82) is 0 Å². The SMILES string of the molecule is Cc1ccc(S(=O)(=O)n2cnc(CN3CCC[C@H](OCc4cc(C(F)(F)F)cc(C(F)(F)F)c4)[C@@H]3c3ccccc3)c2)cc1. The maximum Gasteiger partial charge on any atom is 0.416 e. The zero-order valence-corrected chi connectivity index (χ0v) is 24.3. The molecular weight excluding hydrogens is 608 g/mol. The fourth-order valence-corrected chi connectivity index (χ4v) is 6.51. The molecule has 0 amide bonds. The standard InChI is InChI=1S/C31H29F6N3O3S/c1-21-9-11-27(12-10-21)44(41,42)40-18-26(38-20-40)17-39-13-5-8-28(29(39)23-6-3-2-4-7-23)43-19-22-14-24(30(32,33)34)16-25(15-22)31(35,36)37/h2-4,6-7,9-12,14-16,18,20,28-29H,5,8,13,17,19H2,1H3/t28-,29-/m0/s1. The number of hydrogen-bond donors (Lipinski definition) is 0. The highest BCUT2D eigenvalue weighted by atomic mass is 32.2. The Labute approximate surface area is 251 Å². The Hall–Kier alpha value is -3.68. The molecular formula is C31H29F6N3O3S. The topological polar surface area (TPSA) is 64.4 Å². The minimum atomic E-state index is -4.96. The van der Waals surface area contributed by atoms with Crippen LogP contribution in [-0.4, -0.2) is 34.9 Å². The van der Waals surface area contributed by atoms with Crippen LogP contribution < -0.4 is 0 Å². The second-order valence-electron chi connectivity index (χ2n) is 10.7. The van der Waals surface area contributed by atoms with Gasteiger partial charge in [-0.05, 0) is 67.8 Å². The van der Waals surface area contributed by atoms with Gasteiger partial charge in [0.05, 0.1) is 40.5 Å². The third-order valence-electron chi connectivity index (χ3n) is 7.51. The largest absolute Gasteiger partial charge is 0.416 e. The molecule has 234 valence electrons. The van der Waals surface area contributed by atoms with Crippen LogP contribution in [0.25, 0.3) is 0 Å². The van der Waals surface area contributed by atoms with Crippen molar-refractivity contribution in [3.05, 3.63) is 119 Å². The van der Waals surface area contributed by atoms with Crippen molar-refractivity contribution in [3.8, 4) is 0 Å². The monoisotopic (exact) mass is 637 g/mol. The summed E-state index contributed by atoms with van der Waals surface area (Å²) >= 11 is 0. The van der Waals surface area contributed by atoms with Crippen molar-refractivity contribution in [3.63, 3.8) is 0 Å². The molecule has 4 aromatic rings. The van der Waals surface area contributed by atoms with Crippen LogP contribution in [0.1, 0.15) is 52.4 Å². The lowest BCUT2D eigenvalue weighted by Crippen LogP contribution is -2.42. The summed E-state index contributed by atoms with van der Waals surface area (Å²) in [5.41, 5.74) is -0.813. The highest BCUT2D eigenvalue weighted by Gasteiger charge is 2.38. The molecule has 1 fully saturated rings. The van der Waals surface area contributed by atoms with Crippen LogP contribution in [0.15, 0.2) is 90.2 Å². The fourth-order valence-electron chi connectivity index (χ4n) is 5.36. The van der Waals surface area contributed by atoms with Gasteiger partial charge < -0.3 is 4.74 Å². The molecule has 0 aliphatic carbocycles. The van der Waals surface area contributed by atoms with Gasteiger partial charge in [0.2, 0.25) is 0 Å². The summed E-state index contributed by atoms with van der Waals surface area (Å²) in [5.74, 6) is 0. The van der Waals surface area contributed by atoms with Gasteiger partial charge in [-0.15, -0.1) is 0 Å². The summed E-state index contributed by atoms with van der Waals surface area (Å²) in [7, 11) is -3.87. The molecule has 44 heavy (non-hydrogen) atoms. The van der Waals surface area contributed by atoms with Crippen LogP contribution >= 0.6 is 0 Å². The third-order valence-corrected chi connectivity index (χ3v) is 9.13. The maximum absolute atomic E-state index is 13.4. The smallest absolute Gasteiger partial charge is 0.372 e. The minimum absolute atomic E-state index is 0.0940. The van der Waals surface area contributed by atoms with Gasteiger partial charge in [0, 0.05) is 12.7 Å². The van der Waals surface area contributed by atoms with E-state index in [0.29, 0.717) is 37.2 Å². The first-order valence-electron chi connectivity index (χ1n) is 13.8. The number of aromatic nitrogens is 2. The fraction of sp³-hybridized carbons (Fsp3) is 0.323. The number of alkyl halides is 6. The summed E-state index contributed by atoms with van der Waals surface area (Å²) in [4.78, 5) is 6.46. The van der Waals surface area contributed by atoms with E-state index in [-0.39, 0.29) is 23.1 Å². The van der Waals surface area contributed by atoms with Crippen molar-refractivity contribution < 1.29 is 39.5 Å². The Morgan fingerprint density at radius 3 is 2.16 bits per heavy atom. The number of imidazole rings is 1. The molecule has 1 aliphatic rings. The van der Waals surface area contributed by atoms with E-state index in [2.05, 4.69) is 4.98 Å². The van der Waals surface area contributed by atoms with Crippen LogP contribution in [0.2, 0.25) is 0 Å². The van der Waals surface area contributed by atoms with Gasteiger partial charge in [-0.25, -0.2) is 17.4 Å². The van der Waals surface area contributed by atoms with E-state index in [1.54, 1.807) is 12.1 Å². The van der Waals surface area contributed by atoms with Crippen LogP contribution in [-0.2, 0) is 40.3 Å². The minimum Gasteiger partial charge on any atom is -0.372 e. The first-order chi connectivity index (χ1) is 20.7. The van der Waals surface area contributed by atoms with E-state index in [1.165, 1.54) is 24.7 Å². The number of likely N-dealkylation sites (tertiary alicyclic amines) is 1. The predicted molar refractivity (Wildman–Crippen MR) is 150 cm³/mol. The average Bonchev–Trinajstić information content (AvgIpc) is 3.45. The molecule has 6 nitrogen and oxygen atoms in total. The summed E-state index contributed by atoms with van der Waals surface area (Å²) in [6.07, 6.45) is -6.69. The van der Waals surface area contributed by atoms with E-state index < -0.39 is 52.3 Å². The number of rotatable bonds is 8. The van der Waals surface area contributed by atoms with E-state index in [0.717, 1.165) is 15.1 Å². The van der Waals surface area contributed by atoms with Crippen LogP contribution in [0, 0.1) is 6.92 Å². The number of benzene rings is 3. The molecule has 0 unspecified atom stereocenters. The second-order valence-corrected chi connectivity index (χ2v) is 12.6. The lowest BCUT2D eigenvalue weighted by Gasteiger charge is -2.41. The lowest BCUT2D eigenvalue weighted by molar-refractivity contribution is -0.143. The molecule has 0 spiro atoms. The first kappa shape index (κ1) is 31.7. The number of nitrogens with zero attached hydrogens (tertiary/aromatic N) is 3. The van der Waals surface area contributed by atoms with Gasteiger partial charge in [0.15, 0.2) is 0 Å². The summed E-state index contributed by atoms with van der Waals surface area (Å²) in [5, 5.41) is 0. The van der Waals surface area contributed by atoms with Crippen molar-refractivity contribution in [2.24, 2.45) is 0 Å². The summed E-state index contributed by atoms with van der Waals surface area (Å²) in [6.45, 7) is 2.21. The molecule has 0 radical (unpaired) electrons. The number of aryl methyl sites for hydroxylation is 1. The van der Waals surface area contributed by atoms with Crippen molar-refractivity contribution in [1.82, 2.24) is 13.9 Å². The van der Waals surface area contributed by atoms with Gasteiger partial charge >= 0.3 is 12.4 Å². The lowest BCUT2D eigenvalue weighted by atomic mass is 9.92. The van der Waals surface area contributed by atoms with Crippen LogP contribution in [0.4, 0.5) is 26.3 Å². The Kier molecular flexibility index (Phi) is 8.92. The highest BCUT2D eigenvalue weighted by Crippen LogP contribution is 2.38. The Morgan fingerprint density at radius 1 is 0.909 bits per heavy atom. The van der Waals surface area contributed by atoms with E-state index in [1.807, 2.05) is 42.2 Å². The molecule has 2 atom stereocenters. The quantitative estimate of drug-likeness (QED) is 0.189. The number of piperidine rings is 1. The van der Waals surface area contributed by atoms with E-state index >= 15 is 0 Å². The van der Waals surface area contributed by atoms with Crippen molar-refractivity contribution in [2.75, 3.05) is 6.54 Å². The summed E-state index contributed by atoms with van der Waals surface area (Å²) < 4.78 is 114. The summed E-state index contributed by atoms with van der Waals surface area (Å²) in [6, 6.07) is 16.7. The molecule has 0 bridgehead atoms. The molecule has 3 aromatic carbocycles. The maximum atomic E-state index is 13.4. The molecule has 13 heteroatoms. The van der Waals surface area contributed by atoms with E-state index in [9.17, 15) is 34.8 Å². The normalized spacial score (nSPS) is 18.4. The molecule has 0 saturated carbocycles. The molecule has 0 N–H and O–H groups in total. The third kappa shape index (κ3) is 7.16. The van der Waals surface area contributed by atoms with Crippen LogP contribution in [0.3, 0.4) is 0 Å². The Morgan fingerprint density at radius 2 is 1.55 bits per heavy atom. The van der Waals surface area contributed by atoms with Gasteiger partial charge in [0.25, 0.3) is 10.0 Å². The van der Waals surface area contributed by atoms with Gasteiger partial charge in [-0.1, -0.05) is 48.0 Å². The molecule has 1 aliphatic heterocycles. The molecule has 1 aromatic heterocycles. The van der Waals surface area contributed by atoms with Gasteiger partial charge in [0.1, 0.15) is 6.33 Å². The predicted octanol–water partition coefficient (Wildman–Crippen LogP) is 7.39. The zero-order chi connectivity index (χ0) is 31.7. The highest BCUT2D eigenvalue weighted by molar-refractivity contribution is 7.90. The average molecular weight is 638 g/mol. The molecule has 2 heterocycles. The molecule has 5 rings (SSSR count). The second kappa shape index (κ2) is 12.4. The van der Waals surface area contributed by atoms with Gasteiger partial charge in [-0.3, -0.25) is 4.90 Å². The van der Waals surface area contributed by atoms with Crippen molar-refractivity contribution in [2.45, 2.75) is 62.3 Å². The Balaban J connectivity index is 1.39. The zero-order valence-electron chi connectivity index (χ0n) is 23.5. The number of ether oxygens (including phenoxy) is 1.